The molecule has 0 spiro atoms. The number of hydrogen-bond donors (Lipinski definition) is 1. The van der Waals surface area contributed by atoms with Crippen LogP contribution in [0.3, 0.4) is 0 Å². The Balaban J connectivity index is 1.96. The predicted molar refractivity (Wildman–Crippen MR) is 71.9 cm³/mol. The van der Waals surface area contributed by atoms with Gasteiger partial charge in [-0.05, 0) is 37.3 Å². The second kappa shape index (κ2) is 4.44. The highest BCUT2D eigenvalue weighted by atomic mass is 15.1. The molecule has 0 aromatic carbocycles. The maximum absolute atomic E-state index is 5.75. The molecule has 0 bridgehead atoms. The molecule has 18 heavy (non-hydrogen) atoms. The average molecular weight is 242 g/mol. The van der Waals surface area contributed by atoms with Crippen LogP contribution in [0.15, 0.2) is 30.9 Å². The number of aromatic nitrogens is 3. The molecule has 0 aliphatic heterocycles. The van der Waals surface area contributed by atoms with Crippen molar-refractivity contribution in [3.8, 4) is 11.3 Å². The van der Waals surface area contributed by atoms with Crippen LogP contribution in [0, 0.1) is 5.92 Å². The van der Waals surface area contributed by atoms with Crippen LogP contribution in [0.5, 0.6) is 0 Å². The molecular formula is C14H18N4. The van der Waals surface area contributed by atoms with E-state index < -0.39 is 0 Å². The minimum absolute atomic E-state index is 0.556. The Kier molecular flexibility index (Phi) is 2.78. The van der Waals surface area contributed by atoms with E-state index in [9.17, 15) is 0 Å². The SMILES string of the molecule is CC1CCC(n2cncc2-c2ccnc(N)c2)C1. The van der Waals surface area contributed by atoms with Gasteiger partial charge in [-0.2, -0.15) is 0 Å². The molecule has 2 aromatic heterocycles. The summed E-state index contributed by atoms with van der Waals surface area (Å²) >= 11 is 0. The maximum atomic E-state index is 5.75. The zero-order valence-corrected chi connectivity index (χ0v) is 10.6. The Morgan fingerprint density at radius 2 is 2.28 bits per heavy atom. The van der Waals surface area contributed by atoms with Crippen LogP contribution < -0.4 is 5.73 Å². The van der Waals surface area contributed by atoms with E-state index in [4.69, 9.17) is 5.73 Å². The lowest BCUT2D eigenvalue weighted by atomic mass is 10.1. The second-order valence-corrected chi connectivity index (χ2v) is 5.23. The molecule has 1 saturated carbocycles. The van der Waals surface area contributed by atoms with E-state index in [1.54, 1.807) is 6.20 Å². The van der Waals surface area contributed by atoms with Crippen LogP contribution in [0.2, 0.25) is 0 Å². The number of nitrogen functional groups attached to an aromatic ring is 1. The average Bonchev–Trinajstić information content (AvgIpc) is 2.96. The van der Waals surface area contributed by atoms with Gasteiger partial charge in [0.2, 0.25) is 0 Å². The number of nitrogens with two attached hydrogens (primary N) is 1. The first-order valence-corrected chi connectivity index (χ1v) is 6.48. The molecule has 2 unspecified atom stereocenters. The van der Waals surface area contributed by atoms with Crippen molar-refractivity contribution in [3.63, 3.8) is 0 Å². The van der Waals surface area contributed by atoms with E-state index in [0.717, 1.165) is 17.2 Å². The quantitative estimate of drug-likeness (QED) is 0.881. The molecule has 94 valence electrons. The van der Waals surface area contributed by atoms with Crippen molar-refractivity contribution in [2.24, 2.45) is 5.92 Å². The number of nitrogens with zero attached hydrogens (tertiary/aromatic N) is 3. The van der Waals surface area contributed by atoms with E-state index in [-0.39, 0.29) is 0 Å². The largest absolute Gasteiger partial charge is 0.384 e. The summed E-state index contributed by atoms with van der Waals surface area (Å²) in [5.74, 6) is 1.37. The highest BCUT2D eigenvalue weighted by Gasteiger charge is 2.24. The second-order valence-electron chi connectivity index (χ2n) is 5.23. The van der Waals surface area contributed by atoms with Gasteiger partial charge >= 0.3 is 0 Å². The molecule has 0 amide bonds. The molecular weight excluding hydrogens is 224 g/mol. The van der Waals surface area contributed by atoms with Gasteiger partial charge in [0.1, 0.15) is 5.82 Å². The standard InChI is InChI=1S/C14H18N4/c1-10-2-3-12(6-10)18-9-16-8-13(18)11-4-5-17-14(15)7-11/h4-5,7-10,12H,2-3,6H2,1H3,(H2,15,17). The number of hydrogen-bond acceptors (Lipinski definition) is 3. The van der Waals surface area contributed by atoms with Gasteiger partial charge in [-0.25, -0.2) is 9.97 Å². The fourth-order valence-corrected chi connectivity index (χ4v) is 2.86. The van der Waals surface area contributed by atoms with Gasteiger partial charge in [0.15, 0.2) is 0 Å². The van der Waals surface area contributed by atoms with Crippen molar-refractivity contribution in [2.75, 3.05) is 5.73 Å². The maximum Gasteiger partial charge on any atom is 0.123 e. The third-order valence-electron chi connectivity index (χ3n) is 3.80. The van der Waals surface area contributed by atoms with Crippen molar-refractivity contribution in [1.82, 2.24) is 14.5 Å². The van der Waals surface area contributed by atoms with Gasteiger partial charge in [-0.15, -0.1) is 0 Å². The first-order chi connectivity index (χ1) is 8.74. The van der Waals surface area contributed by atoms with Crippen molar-refractivity contribution in [1.29, 1.82) is 0 Å². The van der Waals surface area contributed by atoms with E-state index >= 15 is 0 Å². The molecule has 2 heterocycles. The fourth-order valence-electron chi connectivity index (χ4n) is 2.86. The number of rotatable bonds is 2. The van der Waals surface area contributed by atoms with E-state index in [1.165, 1.54) is 19.3 Å². The highest BCUT2D eigenvalue weighted by molar-refractivity contribution is 5.61. The van der Waals surface area contributed by atoms with Crippen LogP contribution in [0.4, 0.5) is 5.82 Å². The minimum atomic E-state index is 0.556. The van der Waals surface area contributed by atoms with E-state index in [0.29, 0.717) is 11.9 Å². The van der Waals surface area contributed by atoms with Gasteiger partial charge in [0.05, 0.1) is 18.2 Å². The Morgan fingerprint density at radius 3 is 3.00 bits per heavy atom. The molecule has 1 aliphatic carbocycles. The summed E-state index contributed by atoms with van der Waals surface area (Å²) < 4.78 is 2.29. The Morgan fingerprint density at radius 1 is 1.39 bits per heavy atom. The van der Waals surface area contributed by atoms with Gasteiger partial charge in [0, 0.05) is 17.8 Å². The van der Waals surface area contributed by atoms with Crippen molar-refractivity contribution in [2.45, 2.75) is 32.2 Å². The minimum Gasteiger partial charge on any atom is -0.384 e. The van der Waals surface area contributed by atoms with Crippen molar-refractivity contribution < 1.29 is 0 Å². The smallest absolute Gasteiger partial charge is 0.123 e. The molecule has 2 aromatic rings. The Bertz CT molecular complexity index is 546. The third kappa shape index (κ3) is 1.98. The van der Waals surface area contributed by atoms with Gasteiger partial charge in [-0.3, -0.25) is 0 Å². The van der Waals surface area contributed by atoms with E-state index in [2.05, 4.69) is 21.5 Å². The summed E-state index contributed by atoms with van der Waals surface area (Å²) in [6.45, 7) is 2.32. The topological polar surface area (TPSA) is 56.7 Å². The van der Waals surface area contributed by atoms with Gasteiger partial charge < -0.3 is 10.3 Å². The normalized spacial score (nSPS) is 23.4. The number of imidazole rings is 1. The van der Waals surface area contributed by atoms with E-state index in [1.807, 2.05) is 24.7 Å². The first-order valence-electron chi connectivity index (χ1n) is 6.48. The van der Waals surface area contributed by atoms with Crippen LogP contribution in [0.25, 0.3) is 11.3 Å². The zero-order valence-electron chi connectivity index (χ0n) is 10.6. The molecule has 2 atom stereocenters. The van der Waals surface area contributed by atoms with Crippen LogP contribution in [-0.4, -0.2) is 14.5 Å². The van der Waals surface area contributed by atoms with Crippen LogP contribution in [-0.2, 0) is 0 Å². The summed E-state index contributed by atoms with van der Waals surface area (Å²) in [4.78, 5) is 8.34. The highest BCUT2D eigenvalue weighted by Crippen LogP contribution is 2.36. The molecule has 0 saturated heterocycles. The number of pyridine rings is 1. The molecule has 1 aliphatic rings. The van der Waals surface area contributed by atoms with Crippen molar-refractivity contribution in [3.05, 3.63) is 30.9 Å². The van der Waals surface area contributed by atoms with Crippen LogP contribution in [0.1, 0.15) is 32.2 Å². The Hall–Kier alpha value is -1.84. The summed E-state index contributed by atoms with van der Waals surface area (Å²) in [6.07, 6.45) is 9.39. The molecule has 3 rings (SSSR count). The molecule has 2 N–H and O–H groups in total. The predicted octanol–water partition coefficient (Wildman–Crippen LogP) is 2.89. The third-order valence-corrected chi connectivity index (χ3v) is 3.80. The number of anilines is 1. The van der Waals surface area contributed by atoms with Crippen LogP contribution >= 0.6 is 0 Å². The van der Waals surface area contributed by atoms with Gasteiger partial charge in [0.25, 0.3) is 0 Å². The fraction of sp³-hybridized carbons (Fsp3) is 0.429. The lowest BCUT2D eigenvalue weighted by molar-refractivity contribution is 0.497. The molecule has 4 heteroatoms. The summed E-state index contributed by atoms with van der Waals surface area (Å²) in [5.41, 5.74) is 7.99. The Labute approximate surface area is 107 Å². The van der Waals surface area contributed by atoms with Gasteiger partial charge in [-0.1, -0.05) is 6.92 Å². The summed E-state index contributed by atoms with van der Waals surface area (Å²) in [7, 11) is 0. The zero-order chi connectivity index (χ0) is 12.5. The summed E-state index contributed by atoms with van der Waals surface area (Å²) in [6, 6.07) is 4.47. The van der Waals surface area contributed by atoms with Crippen molar-refractivity contribution >= 4 is 5.82 Å². The molecule has 0 radical (unpaired) electrons. The lowest BCUT2D eigenvalue weighted by Crippen LogP contribution is -2.05. The summed E-state index contributed by atoms with van der Waals surface area (Å²) in [5, 5.41) is 0. The monoisotopic (exact) mass is 242 g/mol. The molecule has 4 nitrogen and oxygen atoms in total. The first kappa shape index (κ1) is 11.3. The molecule has 1 fully saturated rings. The lowest BCUT2D eigenvalue weighted by Gasteiger charge is -2.15.